The highest BCUT2D eigenvalue weighted by molar-refractivity contribution is 7.99. The minimum atomic E-state index is 0.145. The molecule has 1 heterocycles. The van der Waals surface area contributed by atoms with Crippen LogP contribution in [0.15, 0.2) is 11.1 Å². The number of hydrogen-bond donors (Lipinski definition) is 2. The standard InChI is InChI=1S/C10H15N3OS/c1-6(5-14)15-9-4-8(11)12-10(13-9)7-2-3-7/h4,6-7,14H,2-3,5H2,1H3,(H2,11,12,13). The molecule has 1 saturated carbocycles. The Hall–Kier alpha value is -0.810. The molecule has 0 spiro atoms. The van der Waals surface area contributed by atoms with E-state index in [2.05, 4.69) is 9.97 Å². The van der Waals surface area contributed by atoms with Gasteiger partial charge in [0.15, 0.2) is 0 Å². The second-order valence-corrected chi connectivity index (χ2v) is 5.33. The molecule has 0 aliphatic heterocycles. The van der Waals surface area contributed by atoms with E-state index >= 15 is 0 Å². The molecule has 1 fully saturated rings. The number of nitrogens with zero attached hydrogens (tertiary/aromatic N) is 2. The van der Waals surface area contributed by atoms with Gasteiger partial charge in [-0.1, -0.05) is 6.92 Å². The minimum Gasteiger partial charge on any atom is -0.395 e. The lowest BCUT2D eigenvalue weighted by Crippen LogP contribution is -2.05. The average Bonchev–Trinajstić information content (AvgIpc) is 2.99. The van der Waals surface area contributed by atoms with Crippen molar-refractivity contribution in [2.75, 3.05) is 12.3 Å². The minimum absolute atomic E-state index is 0.145. The number of nitrogen functional groups attached to an aromatic ring is 1. The molecule has 5 heteroatoms. The van der Waals surface area contributed by atoms with Gasteiger partial charge in [0.05, 0.1) is 6.61 Å². The molecule has 2 rings (SSSR count). The van der Waals surface area contributed by atoms with Crippen LogP contribution in [-0.4, -0.2) is 26.9 Å². The van der Waals surface area contributed by atoms with Crippen molar-refractivity contribution in [3.63, 3.8) is 0 Å². The summed E-state index contributed by atoms with van der Waals surface area (Å²) in [5.74, 6) is 1.90. The van der Waals surface area contributed by atoms with Crippen LogP contribution in [-0.2, 0) is 0 Å². The quantitative estimate of drug-likeness (QED) is 0.599. The Bertz CT molecular complexity index is 355. The first kappa shape index (κ1) is 10.7. The third kappa shape index (κ3) is 2.82. The molecule has 1 aliphatic carbocycles. The lowest BCUT2D eigenvalue weighted by atomic mass is 10.4. The van der Waals surface area contributed by atoms with Crippen molar-refractivity contribution in [3.05, 3.63) is 11.9 Å². The van der Waals surface area contributed by atoms with E-state index in [9.17, 15) is 0 Å². The molecule has 1 aliphatic rings. The van der Waals surface area contributed by atoms with Crippen LogP contribution in [0.3, 0.4) is 0 Å². The van der Waals surface area contributed by atoms with Gasteiger partial charge in [0.25, 0.3) is 0 Å². The van der Waals surface area contributed by atoms with Gasteiger partial charge < -0.3 is 10.8 Å². The van der Waals surface area contributed by atoms with Crippen molar-refractivity contribution >= 4 is 17.6 Å². The van der Waals surface area contributed by atoms with Crippen LogP contribution in [0.25, 0.3) is 0 Å². The van der Waals surface area contributed by atoms with E-state index in [1.165, 1.54) is 24.6 Å². The molecule has 1 aromatic rings. The van der Waals surface area contributed by atoms with Gasteiger partial charge in [-0.3, -0.25) is 0 Å². The molecule has 0 saturated heterocycles. The van der Waals surface area contributed by atoms with E-state index in [0.717, 1.165) is 10.9 Å². The van der Waals surface area contributed by atoms with E-state index in [-0.39, 0.29) is 11.9 Å². The Morgan fingerprint density at radius 2 is 2.33 bits per heavy atom. The zero-order valence-corrected chi connectivity index (χ0v) is 9.50. The molecule has 4 nitrogen and oxygen atoms in total. The zero-order chi connectivity index (χ0) is 10.8. The molecule has 15 heavy (non-hydrogen) atoms. The Kier molecular flexibility index (Phi) is 3.11. The Morgan fingerprint density at radius 3 is 2.93 bits per heavy atom. The van der Waals surface area contributed by atoms with E-state index in [0.29, 0.717) is 11.7 Å². The molecule has 0 amide bonds. The molecule has 3 N–H and O–H groups in total. The number of thioether (sulfide) groups is 1. The maximum absolute atomic E-state index is 8.96. The van der Waals surface area contributed by atoms with Gasteiger partial charge in [0.2, 0.25) is 0 Å². The van der Waals surface area contributed by atoms with Crippen LogP contribution in [0.1, 0.15) is 31.5 Å². The largest absolute Gasteiger partial charge is 0.395 e. The number of nitrogens with two attached hydrogens (primary N) is 1. The fourth-order valence-corrected chi connectivity index (χ4v) is 2.11. The normalized spacial score (nSPS) is 17.7. The number of anilines is 1. The zero-order valence-electron chi connectivity index (χ0n) is 8.68. The first-order valence-corrected chi connectivity index (χ1v) is 5.99. The summed E-state index contributed by atoms with van der Waals surface area (Å²) >= 11 is 1.54. The summed E-state index contributed by atoms with van der Waals surface area (Å²) < 4.78 is 0. The summed E-state index contributed by atoms with van der Waals surface area (Å²) in [6.07, 6.45) is 2.34. The van der Waals surface area contributed by atoms with Crippen molar-refractivity contribution in [3.8, 4) is 0 Å². The van der Waals surface area contributed by atoms with Gasteiger partial charge in [-0.25, -0.2) is 9.97 Å². The van der Waals surface area contributed by atoms with Crippen LogP contribution in [0.4, 0.5) is 5.82 Å². The smallest absolute Gasteiger partial charge is 0.135 e. The number of aromatic nitrogens is 2. The first-order chi connectivity index (χ1) is 7.19. The molecule has 1 atom stereocenters. The first-order valence-electron chi connectivity index (χ1n) is 5.11. The molecular weight excluding hydrogens is 210 g/mol. The van der Waals surface area contributed by atoms with Crippen molar-refractivity contribution in [2.45, 2.75) is 36.0 Å². The third-order valence-electron chi connectivity index (χ3n) is 2.26. The van der Waals surface area contributed by atoms with Gasteiger partial charge >= 0.3 is 0 Å². The predicted octanol–water partition coefficient (Wildman–Crippen LogP) is 1.41. The maximum Gasteiger partial charge on any atom is 0.135 e. The summed E-state index contributed by atoms with van der Waals surface area (Å²) in [7, 11) is 0. The third-order valence-corrected chi connectivity index (χ3v) is 3.26. The topological polar surface area (TPSA) is 72.0 Å². The van der Waals surface area contributed by atoms with Crippen LogP contribution >= 0.6 is 11.8 Å². The number of aliphatic hydroxyl groups excluding tert-OH is 1. The lowest BCUT2D eigenvalue weighted by molar-refractivity contribution is 0.300. The Balaban J connectivity index is 2.15. The van der Waals surface area contributed by atoms with Crippen LogP contribution in [0.2, 0.25) is 0 Å². The van der Waals surface area contributed by atoms with Crippen molar-refractivity contribution in [2.24, 2.45) is 0 Å². The molecule has 0 bridgehead atoms. The average molecular weight is 225 g/mol. The van der Waals surface area contributed by atoms with Crippen molar-refractivity contribution in [1.82, 2.24) is 9.97 Å². The lowest BCUT2D eigenvalue weighted by Gasteiger charge is -2.08. The monoisotopic (exact) mass is 225 g/mol. The Labute approximate surface area is 93.3 Å². The highest BCUT2D eigenvalue weighted by Crippen LogP contribution is 2.39. The van der Waals surface area contributed by atoms with E-state index in [1.807, 2.05) is 6.92 Å². The van der Waals surface area contributed by atoms with Crippen molar-refractivity contribution in [1.29, 1.82) is 0 Å². The fourth-order valence-electron chi connectivity index (χ4n) is 1.29. The van der Waals surface area contributed by atoms with Crippen LogP contribution < -0.4 is 5.73 Å². The number of hydrogen-bond acceptors (Lipinski definition) is 5. The summed E-state index contributed by atoms with van der Waals surface area (Å²) in [5, 5.41) is 9.97. The van der Waals surface area contributed by atoms with Gasteiger partial charge in [-0.2, -0.15) is 0 Å². The highest BCUT2D eigenvalue weighted by Gasteiger charge is 2.27. The summed E-state index contributed by atoms with van der Waals surface area (Å²) in [6, 6.07) is 1.77. The highest BCUT2D eigenvalue weighted by atomic mass is 32.2. The van der Waals surface area contributed by atoms with Crippen molar-refractivity contribution < 1.29 is 5.11 Å². The number of aliphatic hydroxyl groups is 1. The van der Waals surface area contributed by atoms with Gasteiger partial charge in [-0.05, 0) is 12.8 Å². The number of rotatable bonds is 4. The van der Waals surface area contributed by atoms with Gasteiger partial charge in [-0.15, -0.1) is 11.8 Å². The van der Waals surface area contributed by atoms with E-state index in [1.54, 1.807) is 6.07 Å². The second kappa shape index (κ2) is 4.37. The predicted molar refractivity (Wildman–Crippen MR) is 60.8 cm³/mol. The summed E-state index contributed by atoms with van der Waals surface area (Å²) in [5.41, 5.74) is 5.72. The van der Waals surface area contributed by atoms with E-state index < -0.39 is 0 Å². The second-order valence-electron chi connectivity index (χ2n) is 3.87. The molecule has 1 unspecified atom stereocenters. The molecule has 1 aromatic heterocycles. The molecule has 82 valence electrons. The molecule has 0 radical (unpaired) electrons. The Morgan fingerprint density at radius 1 is 1.60 bits per heavy atom. The van der Waals surface area contributed by atoms with E-state index in [4.69, 9.17) is 10.8 Å². The van der Waals surface area contributed by atoms with Gasteiger partial charge in [0, 0.05) is 17.2 Å². The SMILES string of the molecule is CC(CO)Sc1cc(N)nc(C2CC2)n1. The fraction of sp³-hybridized carbons (Fsp3) is 0.600. The summed E-state index contributed by atoms with van der Waals surface area (Å²) in [6.45, 7) is 2.10. The van der Waals surface area contributed by atoms with Crippen LogP contribution in [0, 0.1) is 0 Å². The maximum atomic E-state index is 8.96. The molecular formula is C10H15N3OS. The van der Waals surface area contributed by atoms with Gasteiger partial charge in [0.1, 0.15) is 16.7 Å². The van der Waals surface area contributed by atoms with Crippen LogP contribution in [0.5, 0.6) is 0 Å². The molecule has 0 aromatic carbocycles. The summed E-state index contributed by atoms with van der Waals surface area (Å²) in [4.78, 5) is 8.66.